The molecule has 3 aliphatic rings. The molecule has 2 N–H and O–H groups in total. The SMILES string of the molecule is C[C@@H]1[C@H]2C[C@@H](C[C@H]1NCCNCCc1cccc(F)c1)C2(C)C. The highest BCUT2D eigenvalue weighted by Gasteiger charge is 2.55. The van der Waals surface area contributed by atoms with Crippen LogP contribution in [0.4, 0.5) is 4.39 Å². The molecule has 3 aliphatic carbocycles. The van der Waals surface area contributed by atoms with E-state index in [1.807, 2.05) is 6.07 Å². The van der Waals surface area contributed by atoms with Crippen molar-refractivity contribution in [2.45, 2.75) is 46.1 Å². The Labute approximate surface area is 140 Å². The van der Waals surface area contributed by atoms with Crippen LogP contribution >= 0.6 is 0 Å². The van der Waals surface area contributed by atoms with Crippen LogP contribution in [0, 0.1) is 29.0 Å². The standard InChI is InChI=1S/C20H31FN2/c1-14-18-12-16(20(18,2)3)13-19(14)23-10-9-22-8-7-15-5-4-6-17(21)11-15/h4-6,11,14,16,18-19,22-23H,7-10,12-13H2,1-3H3/t14-,16+,18-,19-/m1/s1. The smallest absolute Gasteiger partial charge is 0.123 e. The molecule has 0 aromatic heterocycles. The molecule has 1 aromatic rings. The summed E-state index contributed by atoms with van der Waals surface area (Å²) < 4.78 is 13.1. The van der Waals surface area contributed by atoms with Gasteiger partial charge in [0.1, 0.15) is 5.82 Å². The summed E-state index contributed by atoms with van der Waals surface area (Å²) in [5, 5.41) is 7.22. The van der Waals surface area contributed by atoms with Crippen LogP contribution in [0.1, 0.15) is 39.2 Å². The first-order chi connectivity index (χ1) is 11.0. The molecule has 0 unspecified atom stereocenters. The van der Waals surface area contributed by atoms with Crippen molar-refractivity contribution in [3.8, 4) is 0 Å². The fourth-order valence-electron chi connectivity index (χ4n) is 4.82. The second-order valence-corrected chi connectivity index (χ2v) is 8.15. The van der Waals surface area contributed by atoms with Crippen LogP contribution in [0.5, 0.6) is 0 Å². The topological polar surface area (TPSA) is 24.1 Å². The third-order valence-corrected chi connectivity index (χ3v) is 6.54. The summed E-state index contributed by atoms with van der Waals surface area (Å²) in [6.07, 6.45) is 3.67. The van der Waals surface area contributed by atoms with Crippen molar-refractivity contribution >= 4 is 0 Å². The normalized spacial score (nSPS) is 31.7. The van der Waals surface area contributed by atoms with Gasteiger partial charge in [-0.05, 0) is 66.7 Å². The summed E-state index contributed by atoms with van der Waals surface area (Å²) in [6.45, 7) is 10.2. The van der Waals surface area contributed by atoms with E-state index in [9.17, 15) is 4.39 Å². The molecule has 3 heteroatoms. The van der Waals surface area contributed by atoms with E-state index in [2.05, 4.69) is 31.4 Å². The number of nitrogens with one attached hydrogen (secondary N) is 2. The second kappa shape index (κ2) is 6.90. The summed E-state index contributed by atoms with van der Waals surface area (Å²) in [4.78, 5) is 0. The van der Waals surface area contributed by atoms with E-state index in [-0.39, 0.29) is 5.82 Å². The Morgan fingerprint density at radius 2 is 2.00 bits per heavy atom. The summed E-state index contributed by atoms with van der Waals surface area (Å²) >= 11 is 0. The molecule has 0 radical (unpaired) electrons. The van der Waals surface area contributed by atoms with Crippen LogP contribution < -0.4 is 10.6 Å². The van der Waals surface area contributed by atoms with Crippen LogP contribution in [0.15, 0.2) is 24.3 Å². The van der Waals surface area contributed by atoms with Gasteiger partial charge in [0.15, 0.2) is 0 Å². The van der Waals surface area contributed by atoms with Crippen molar-refractivity contribution in [3.63, 3.8) is 0 Å². The summed E-state index contributed by atoms with van der Waals surface area (Å²) in [7, 11) is 0. The molecule has 0 heterocycles. The quantitative estimate of drug-likeness (QED) is 0.750. The Balaban J connectivity index is 1.31. The van der Waals surface area contributed by atoms with E-state index in [0.717, 1.165) is 49.4 Å². The van der Waals surface area contributed by atoms with Gasteiger partial charge in [-0.15, -0.1) is 0 Å². The Bertz CT molecular complexity index is 528. The minimum Gasteiger partial charge on any atom is -0.315 e. The van der Waals surface area contributed by atoms with Gasteiger partial charge in [-0.2, -0.15) is 0 Å². The lowest BCUT2D eigenvalue weighted by Gasteiger charge is -2.62. The lowest BCUT2D eigenvalue weighted by atomic mass is 9.45. The van der Waals surface area contributed by atoms with Crippen molar-refractivity contribution in [3.05, 3.63) is 35.6 Å². The van der Waals surface area contributed by atoms with Gasteiger partial charge in [0.05, 0.1) is 0 Å². The van der Waals surface area contributed by atoms with Gasteiger partial charge in [-0.3, -0.25) is 0 Å². The number of benzene rings is 1. The van der Waals surface area contributed by atoms with Crippen molar-refractivity contribution < 1.29 is 4.39 Å². The maximum atomic E-state index is 13.1. The molecule has 23 heavy (non-hydrogen) atoms. The van der Waals surface area contributed by atoms with Gasteiger partial charge in [0, 0.05) is 19.1 Å². The van der Waals surface area contributed by atoms with Crippen molar-refractivity contribution in [1.82, 2.24) is 10.6 Å². The number of halogens is 1. The zero-order valence-corrected chi connectivity index (χ0v) is 14.7. The van der Waals surface area contributed by atoms with Gasteiger partial charge in [0.25, 0.3) is 0 Å². The number of hydrogen-bond donors (Lipinski definition) is 2. The molecule has 1 aromatic carbocycles. The maximum absolute atomic E-state index is 13.1. The zero-order chi connectivity index (χ0) is 16.4. The van der Waals surface area contributed by atoms with Gasteiger partial charge < -0.3 is 10.6 Å². The van der Waals surface area contributed by atoms with E-state index in [4.69, 9.17) is 0 Å². The van der Waals surface area contributed by atoms with Crippen LogP contribution in [0.3, 0.4) is 0 Å². The highest BCUT2D eigenvalue weighted by atomic mass is 19.1. The molecule has 0 saturated heterocycles. The molecule has 0 spiro atoms. The zero-order valence-electron chi connectivity index (χ0n) is 14.7. The average Bonchev–Trinajstić information content (AvgIpc) is 2.51. The van der Waals surface area contributed by atoms with Crippen molar-refractivity contribution in [1.29, 1.82) is 0 Å². The van der Waals surface area contributed by atoms with Crippen molar-refractivity contribution in [2.75, 3.05) is 19.6 Å². The third kappa shape index (κ3) is 3.61. The fourth-order valence-corrected chi connectivity index (χ4v) is 4.82. The highest BCUT2D eigenvalue weighted by Crippen LogP contribution is 2.61. The Hall–Kier alpha value is -0.930. The molecule has 4 rings (SSSR count). The maximum Gasteiger partial charge on any atom is 0.123 e. The largest absolute Gasteiger partial charge is 0.315 e. The first-order valence-corrected chi connectivity index (χ1v) is 9.17. The van der Waals surface area contributed by atoms with Gasteiger partial charge >= 0.3 is 0 Å². The molecule has 3 saturated carbocycles. The summed E-state index contributed by atoms with van der Waals surface area (Å²) in [5.41, 5.74) is 1.63. The van der Waals surface area contributed by atoms with Crippen LogP contribution in [-0.4, -0.2) is 25.7 Å². The molecule has 0 amide bonds. The fraction of sp³-hybridized carbons (Fsp3) is 0.700. The predicted molar refractivity (Wildman–Crippen MR) is 93.9 cm³/mol. The Morgan fingerprint density at radius 3 is 2.70 bits per heavy atom. The summed E-state index contributed by atoms with van der Waals surface area (Å²) in [5.74, 6) is 2.47. The average molecular weight is 318 g/mol. The van der Waals surface area contributed by atoms with E-state index >= 15 is 0 Å². The van der Waals surface area contributed by atoms with Crippen LogP contribution in [0.2, 0.25) is 0 Å². The molecule has 0 aliphatic heterocycles. The molecule has 2 bridgehead atoms. The number of rotatable bonds is 7. The van der Waals surface area contributed by atoms with Gasteiger partial charge in [-0.25, -0.2) is 4.39 Å². The van der Waals surface area contributed by atoms with Crippen LogP contribution in [-0.2, 0) is 6.42 Å². The van der Waals surface area contributed by atoms with Gasteiger partial charge in [-0.1, -0.05) is 32.9 Å². The van der Waals surface area contributed by atoms with Crippen molar-refractivity contribution in [2.24, 2.45) is 23.2 Å². The summed E-state index contributed by atoms with van der Waals surface area (Å²) in [6, 6.07) is 7.58. The number of hydrogen-bond acceptors (Lipinski definition) is 2. The van der Waals surface area contributed by atoms with E-state index in [0.29, 0.717) is 11.5 Å². The molecule has 128 valence electrons. The monoisotopic (exact) mass is 318 g/mol. The second-order valence-electron chi connectivity index (χ2n) is 8.15. The first-order valence-electron chi connectivity index (χ1n) is 9.17. The molecular weight excluding hydrogens is 287 g/mol. The molecule has 3 fully saturated rings. The Kier molecular flexibility index (Phi) is 5.07. The van der Waals surface area contributed by atoms with E-state index in [1.165, 1.54) is 18.9 Å². The predicted octanol–water partition coefficient (Wildman–Crippen LogP) is 3.62. The lowest BCUT2D eigenvalue weighted by molar-refractivity contribution is -0.114. The number of fused-ring (bicyclic) bond motifs is 2. The molecule has 2 nitrogen and oxygen atoms in total. The Morgan fingerprint density at radius 1 is 1.17 bits per heavy atom. The minimum atomic E-state index is -0.142. The highest BCUT2D eigenvalue weighted by molar-refractivity contribution is 5.16. The first kappa shape index (κ1) is 16.9. The third-order valence-electron chi connectivity index (χ3n) is 6.54. The molecule has 4 atom stereocenters. The van der Waals surface area contributed by atoms with E-state index < -0.39 is 0 Å². The molecular formula is C20H31FN2. The minimum absolute atomic E-state index is 0.142. The van der Waals surface area contributed by atoms with Gasteiger partial charge in [0.2, 0.25) is 0 Å². The van der Waals surface area contributed by atoms with E-state index in [1.54, 1.807) is 12.1 Å². The lowest BCUT2D eigenvalue weighted by Crippen LogP contribution is -2.60. The van der Waals surface area contributed by atoms with Crippen LogP contribution in [0.25, 0.3) is 0 Å².